The summed E-state index contributed by atoms with van der Waals surface area (Å²) in [5.74, 6) is 0.505. The lowest BCUT2D eigenvalue weighted by Crippen LogP contribution is -2.34. The molecule has 0 unspecified atom stereocenters. The highest BCUT2D eigenvalue weighted by molar-refractivity contribution is 5.76. The van der Waals surface area contributed by atoms with E-state index in [0.29, 0.717) is 24.9 Å². The van der Waals surface area contributed by atoms with Gasteiger partial charge in [0.25, 0.3) is 0 Å². The molecule has 0 bridgehead atoms. The maximum atomic E-state index is 12.3. The molecule has 2 saturated carbocycles. The fourth-order valence-corrected chi connectivity index (χ4v) is 4.63. The van der Waals surface area contributed by atoms with Gasteiger partial charge in [0.2, 0.25) is 5.91 Å². The van der Waals surface area contributed by atoms with Crippen LogP contribution in [-0.4, -0.2) is 29.9 Å². The van der Waals surface area contributed by atoms with Crippen molar-refractivity contribution in [3.05, 3.63) is 35.4 Å². The summed E-state index contributed by atoms with van der Waals surface area (Å²) in [7, 11) is 2.24. The highest BCUT2D eigenvalue weighted by Gasteiger charge is 2.26. The standard InChI is InChI=1S/C22H35N3O/c1-25(20-11-3-2-4-12-20)16-19-9-6-5-8-18(19)15-24-22(26)14-17-10-7-13-21(17)23/h5-6,8-9,17,20-21H,2-4,7,10-16,23H2,1H3,(H,24,26)/t17-,21+/m0/s1. The Morgan fingerprint density at radius 1 is 1.08 bits per heavy atom. The Morgan fingerprint density at radius 2 is 1.81 bits per heavy atom. The summed E-state index contributed by atoms with van der Waals surface area (Å²) >= 11 is 0. The third-order valence-electron chi connectivity index (χ3n) is 6.38. The molecule has 3 rings (SSSR count). The number of amides is 1. The van der Waals surface area contributed by atoms with Crippen molar-refractivity contribution in [1.82, 2.24) is 10.2 Å². The van der Waals surface area contributed by atoms with Crippen molar-refractivity contribution in [2.24, 2.45) is 11.7 Å². The molecule has 4 nitrogen and oxygen atoms in total. The van der Waals surface area contributed by atoms with Crippen molar-refractivity contribution in [3.8, 4) is 0 Å². The van der Waals surface area contributed by atoms with Gasteiger partial charge in [-0.25, -0.2) is 0 Å². The molecule has 0 saturated heterocycles. The maximum Gasteiger partial charge on any atom is 0.220 e. The SMILES string of the molecule is CN(Cc1ccccc1CNC(=O)C[C@@H]1CCC[C@H]1N)C1CCCCC1. The van der Waals surface area contributed by atoms with E-state index in [1.807, 2.05) is 0 Å². The van der Waals surface area contributed by atoms with E-state index in [2.05, 4.69) is 41.5 Å². The summed E-state index contributed by atoms with van der Waals surface area (Å²) in [6.45, 7) is 1.58. The second-order valence-corrected chi connectivity index (χ2v) is 8.31. The molecule has 1 aromatic rings. The Kier molecular flexibility index (Phi) is 7.09. The van der Waals surface area contributed by atoms with Crippen LogP contribution in [0.4, 0.5) is 0 Å². The van der Waals surface area contributed by atoms with Crippen molar-refractivity contribution >= 4 is 5.91 Å². The topological polar surface area (TPSA) is 58.4 Å². The Bertz CT molecular complexity index is 583. The fraction of sp³-hybridized carbons (Fsp3) is 0.682. The summed E-state index contributed by atoms with van der Waals surface area (Å²) in [6.07, 6.45) is 10.6. The minimum atomic E-state index is 0.141. The average Bonchev–Trinajstić information content (AvgIpc) is 3.06. The predicted molar refractivity (Wildman–Crippen MR) is 107 cm³/mol. The fourth-order valence-electron chi connectivity index (χ4n) is 4.63. The number of carbonyl (C=O) groups excluding carboxylic acids is 1. The van der Waals surface area contributed by atoms with Gasteiger partial charge in [-0.05, 0) is 49.8 Å². The number of nitrogens with zero attached hydrogens (tertiary/aromatic N) is 1. The van der Waals surface area contributed by atoms with E-state index in [0.717, 1.165) is 25.8 Å². The van der Waals surface area contributed by atoms with Crippen LogP contribution in [0.2, 0.25) is 0 Å². The molecule has 0 spiro atoms. The van der Waals surface area contributed by atoms with Crippen LogP contribution in [0.1, 0.15) is 68.9 Å². The number of nitrogens with two attached hydrogens (primary N) is 1. The molecular formula is C22H35N3O. The zero-order valence-corrected chi connectivity index (χ0v) is 16.3. The van der Waals surface area contributed by atoms with E-state index >= 15 is 0 Å². The number of nitrogens with one attached hydrogen (secondary N) is 1. The van der Waals surface area contributed by atoms with Crippen LogP contribution in [0, 0.1) is 5.92 Å². The highest BCUT2D eigenvalue weighted by Crippen LogP contribution is 2.27. The lowest BCUT2D eigenvalue weighted by atomic mass is 9.94. The first-order chi connectivity index (χ1) is 12.6. The van der Waals surface area contributed by atoms with E-state index in [-0.39, 0.29) is 11.9 Å². The molecule has 0 heterocycles. The third kappa shape index (κ3) is 5.31. The molecule has 1 aromatic carbocycles. The van der Waals surface area contributed by atoms with E-state index in [4.69, 9.17) is 5.73 Å². The van der Waals surface area contributed by atoms with Gasteiger partial charge in [0, 0.05) is 31.6 Å². The quantitative estimate of drug-likeness (QED) is 0.784. The smallest absolute Gasteiger partial charge is 0.220 e. The Balaban J connectivity index is 1.52. The molecule has 2 atom stereocenters. The average molecular weight is 358 g/mol. The van der Waals surface area contributed by atoms with Crippen molar-refractivity contribution < 1.29 is 4.79 Å². The number of hydrogen-bond donors (Lipinski definition) is 2. The van der Waals surface area contributed by atoms with Gasteiger partial charge in [-0.2, -0.15) is 0 Å². The molecule has 0 radical (unpaired) electrons. The lowest BCUT2D eigenvalue weighted by Gasteiger charge is -2.31. The first kappa shape index (κ1) is 19.4. The Labute approximate surface area is 158 Å². The van der Waals surface area contributed by atoms with E-state index in [1.54, 1.807) is 0 Å². The first-order valence-electron chi connectivity index (χ1n) is 10.4. The molecule has 1 amide bonds. The van der Waals surface area contributed by atoms with E-state index in [9.17, 15) is 4.79 Å². The number of rotatable bonds is 7. The van der Waals surface area contributed by atoms with Gasteiger partial charge < -0.3 is 11.1 Å². The summed E-state index contributed by atoms with van der Waals surface area (Å²) in [5, 5.41) is 3.13. The number of hydrogen-bond acceptors (Lipinski definition) is 3. The van der Waals surface area contributed by atoms with Gasteiger partial charge in [0.05, 0.1) is 0 Å². The lowest BCUT2D eigenvalue weighted by molar-refractivity contribution is -0.122. The normalized spacial score (nSPS) is 24.1. The van der Waals surface area contributed by atoms with Crippen molar-refractivity contribution in [3.63, 3.8) is 0 Å². The first-order valence-corrected chi connectivity index (χ1v) is 10.4. The zero-order chi connectivity index (χ0) is 18.4. The van der Waals surface area contributed by atoms with Crippen LogP contribution in [-0.2, 0) is 17.9 Å². The van der Waals surface area contributed by atoms with Gasteiger partial charge in [0.1, 0.15) is 0 Å². The van der Waals surface area contributed by atoms with Crippen LogP contribution >= 0.6 is 0 Å². The molecule has 2 fully saturated rings. The van der Waals surface area contributed by atoms with Crippen LogP contribution in [0.15, 0.2) is 24.3 Å². The Hall–Kier alpha value is -1.39. The van der Waals surface area contributed by atoms with E-state index < -0.39 is 0 Å². The van der Waals surface area contributed by atoms with Crippen LogP contribution in [0.3, 0.4) is 0 Å². The summed E-state index contributed by atoms with van der Waals surface area (Å²) < 4.78 is 0. The monoisotopic (exact) mass is 357 g/mol. The third-order valence-corrected chi connectivity index (χ3v) is 6.38. The van der Waals surface area contributed by atoms with Gasteiger partial charge in [-0.1, -0.05) is 49.9 Å². The van der Waals surface area contributed by atoms with E-state index in [1.165, 1.54) is 43.2 Å². The second kappa shape index (κ2) is 9.52. The molecule has 144 valence electrons. The second-order valence-electron chi connectivity index (χ2n) is 8.31. The van der Waals surface area contributed by atoms with Crippen molar-refractivity contribution in [2.75, 3.05) is 7.05 Å². The summed E-state index contributed by atoms with van der Waals surface area (Å²) in [6, 6.07) is 9.43. The number of benzene rings is 1. The molecule has 0 aliphatic heterocycles. The molecular weight excluding hydrogens is 322 g/mol. The number of carbonyl (C=O) groups is 1. The molecule has 4 heteroatoms. The molecule has 3 N–H and O–H groups in total. The van der Waals surface area contributed by atoms with Crippen LogP contribution in [0.25, 0.3) is 0 Å². The Morgan fingerprint density at radius 3 is 2.50 bits per heavy atom. The minimum absolute atomic E-state index is 0.141. The molecule has 26 heavy (non-hydrogen) atoms. The van der Waals surface area contributed by atoms with Gasteiger partial charge in [-0.3, -0.25) is 9.69 Å². The van der Waals surface area contributed by atoms with Gasteiger partial charge in [-0.15, -0.1) is 0 Å². The minimum Gasteiger partial charge on any atom is -0.352 e. The predicted octanol–water partition coefficient (Wildman–Crippen LogP) is 3.58. The van der Waals surface area contributed by atoms with Gasteiger partial charge >= 0.3 is 0 Å². The maximum absolute atomic E-state index is 12.3. The van der Waals surface area contributed by atoms with Crippen molar-refractivity contribution in [1.29, 1.82) is 0 Å². The van der Waals surface area contributed by atoms with Crippen LogP contribution in [0.5, 0.6) is 0 Å². The van der Waals surface area contributed by atoms with Crippen molar-refractivity contribution in [2.45, 2.75) is 83.0 Å². The molecule has 2 aliphatic rings. The van der Waals surface area contributed by atoms with Crippen LogP contribution < -0.4 is 11.1 Å². The van der Waals surface area contributed by atoms with Gasteiger partial charge in [0.15, 0.2) is 0 Å². The summed E-state index contributed by atoms with van der Waals surface area (Å²) in [4.78, 5) is 14.8. The largest absolute Gasteiger partial charge is 0.352 e. The zero-order valence-electron chi connectivity index (χ0n) is 16.3. The molecule has 2 aliphatic carbocycles. The molecule has 0 aromatic heterocycles. The summed E-state index contributed by atoms with van der Waals surface area (Å²) in [5.41, 5.74) is 8.67. The highest BCUT2D eigenvalue weighted by atomic mass is 16.1.